The largest absolute Gasteiger partial charge is 0.505 e. The van der Waals surface area contributed by atoms with Gasteiger partial charge in [0.25, 0.3) is 0 Å². The Bertz CT molecular complexity index is 1670. The van der Waals surface area contributed by atoms with Crippen molar-refractivity contribution in [2.24, 2.45) is 17.8 Å². The van der Waals surface area contributed by atoms with Gasteiger partial charge in [0.2, 0.25) is 11.8 Å². The summed E-state index contributed by atoms with van der Waals surface area (Å²) in [5.74, 6) is -3.42. The monoisotopic (exact) mass is 653 g/mol. The minimum absolute atomic E-state index is 0.147. The summed E-state index contributed by atoms with van der Waals surface area (Å²) in [7, 11) is 0. The van der Waals surface area contributed by atoms with Gasteiger partial charge in [-0.25, -0.2) is 4.39 Å². The summed E-state index contributed by atoms with van der Waals surface area (Å²) in [5, 5.41) is 32.1. The number of carbonyl (C=O) groups is 2. The van der Waals surface area contributed by atoms with Crippen molar-refractivity contribution in [3.63, 3.8) is 0 Å². The van der Waals surface area contributed by atoms with E-state index in [1.54, 1.807) is 24.4 Å². The maximum Gasteiger partial charge on any atom is 0.234 e. The van der Waals surface area contributed by atoms with Gasteiger partial charge >= 0.3 is 0 Å². The number of likely N-dealkylation sites (tertiary alicyclic amines) is 2. The molecule has 1 aromatic heterocycles. The highest BCUT2D eigenvalue weighted by atomic mass is 19.1. The number of piperidine rings is 1. The molecule has 48 heavy (non-hydrogen) atoms. The van der Waals surface area contributed by atoms with E-state index in [1.165, 1.54) is 22.6 Å². The number of allylic oxidation sites excluding steroid dienone is 2. The molecule has 0 spiro atoms. The lowest BCUT2D eigenvalue weighted by Crippen LogP contribution is -2.47. The second-order valence-electron chi connectivity index (χ2n) is 13.2. The summed E-state index contributed by atoms with van der Waals surface area (Å²) in [6, 6.07) is 19.8. The van der Waals surface area contributed by atoms with E-state index in [4.69, 9.17) is 0 Å². The van der Waals surface area contributed by atoms with Crippen LogP contribution in [0.3, 0.4) is 0 Å². The maximum absolute atomic E-state index is 14.1. The van der Waals surface area contributed by atoms with Gasteiger partial charge in [0.1, 0.15) is 0 Å². The molecule has 8 nitrogen and oxygen atoms in total. The molecule has 4 atom stereocenters. The minimum atomic E-state index is -0.958. The van der Waals surface area contributed by atoms with Crippen LogP contribution in [0.2, 0.25) is 0 Å². The van der Waals surface area contributed by atoms with Crippen molar-refractivity contribution < 1.29 is 29.3 Å². The number of halogens is 1. The van der Waals surface area contributed by atoms with Crippen LogP contribution in [0.25, 0.3) is 11.6 Å². The van der Waals surface area contributed by atoms with Crippen LogP contribution in [0, 0.1) is 23.6 Å². The first-order valence-electron chi connectivity index (χ1n) is 17.0. The first-order chi connectivity index (χ1) is 23.3. The Hall–Kier alpha value is -4.18. The van der Waals surface area contributed by atoms with Crippen LogP contribution in [0.5, 0.6) is 5.75 Å². The number of aromatic nitrogens is 1. The van der Waals surface area contributed by atoms with Crippen LogP contribution in [0.4, 0.5) is 4.39 Å². The summed E-state index contributed by atoms with van der Waals surface area (Å²) < 4.78 is 14.1. The normalized spacial score (nSPS) is 23.1. The van der Waals surface area contributed by atoms with Crippen molar-refractivity contribution in [3.8, 4) is 5.75 Å². The van der Waals surface area contributed by atoms with Gasteiger partial charge in [-0.05, 0) is 91.1 Å². The molecular weight excluding hydrogens is 609 g/mol. The molecule has 0 radical (unpaired) electrons. The van der Waals surface area contributed by atoms with Gasteiger partial charge in [0, 0.05) is 37.8 Å². The second-order valence-corrected chi connectivity index (χ2v) is 13.2. The Morgan fingerprint density at radius 2 is 1.79 bits per heavy atom. The van der Waals surface area contributed by atoms with Gasteiger partial charge in [0.15, 0.2) is 11.6 Å². The van der Waals surface area contributed by atoms with Gasteiger partial charge in [-0.3, -0.25) is 24.4 Å². The number of benzene rings is 2. The predicted octanol–water partition coefficient (Wildman–Crippen LogP) is 5.59. The van der Waals surface area contributed by atoms with Crippen molar-refractivity contribution in [1.29, 1.82) is 0 Å². The van der Waals surface area contributed by atoms with E-state index in [0.29, 0.717) is 48.9 Å². The number of hydrogen-bond acceptors (Lipinski definition) is 7. The van der Waals surface area contributed by atoms with Crippen molar-refractivity contribution in [2.45, 2.75) is 64.1 Å². The smallest absolute Gasteiger partial charge is 0.234 e. The third-order valence-electron chi connectivity index (χ3n) is 10.4. The molecule has 3 heterocycles. The Morgan fingerprint density at radius 3 is 2.46 bits per heavy atom. The second kappa shape index (κ2) is 14.9. The van der Waals surface area contributed by atoms with E-state index in [9.17, 15) is 29.3 Å². The molecule has 2 aliphatic heterocycles. The number of fused-ring (bicyclic) bond motifs is 1. The zero-order valence-electron chi connectivity index (χ0n) is 27.3. The molecular formula is C39H44FN3O5. The molecule has 1 aliphatic carbocycles. The van der Waals surface area contributed by atoms with Crippen molar-refractivity contribution in [3.05, 3.63) is 107 Å². The number of amides is 2. The zero-order valence-corrected chi connectivity index (χ0v) is 27.3. The standard InChI is InChI=1S/C39H44FN3O5/c1-2-27-22-30-37(39(48)43(38(30)47)29-15-18-42(19-16-29)23-25-8-4-3-5-9-25)31(24-44)36(27)35(46)14-12-28(33-10-6-7-17-41-33)20-26-11-13-34(45)32(40)21-26/h3-11,13,17,20-21,29-31,35,37,44-46H,2,12,14-16,18-19,22-24H2,1H3/b28-20-/t30-,31+,35-,37-/m1/s1. The number of aliphatic hydroxyl groups excluding tert-OH is 2. The number of phenolic OH excluding ortho intramolecular Hbond substituents is 1. The lowest BCUT2D eigenvalue weighted by molar-refractivity contribution is -0.144. The average molecular weight is 654 g/mol. The van der Waals surface area contributed by atoms with Crippen LogP contribution in [-0.4, -0.2) is 73.8 Å². The fourth-order valence-electron chi connectivity index (χ4n) is 7.95. The predicted molar refractivity (Wildman–Crippen MR) is 181 cm³/mol. The van der Waals surface area contributed by atoms with Crippen molar-refractivity contribution >= 4 is 23.5 Å². The molecule has 3 aliphatic rings. The third kappa shape index (κ3) is 6.99. The third-order valence-corrected chi connectivity index (χ3v) is 10.4. The highest BCUT2D eigenvalue weighted by Gasteiger charge is 2.56. The molecule has 2 fully saturated rings. The number of carbonyl (C=O) groups excluding carboxylic acids is 2. The van der Waals surface area contributed by atoms with Crippen molar-refractivity contribution in [2.75, 3.05) is 19.7 Å². The van der Waals surface area contributed by atoms with E-state index < -0.39 is 35.4 Å². The fourth-order valence-corrected chi connectivity index (χ4v) is 7.95. The van der Waals surface area contributed by atoms with E-state index in [2.05, 4.69) is 22.0 Å². The van der Waals surface area contributed by atoms with Gasteiger partial charge in [-0.1, -0.05) is 55.0 Å². The molecule has 3 aromatic rings. The highest BCUT2D eigenvalue weighted by molar-refractivity contribution is 6.06. The van der Waals surface area contributed by atoms with Crippen LogP contribution < -0.4 is 0 Å². The molecule has 9 heteroatoms. The molecule has 0 bridgehead atoms. The first-order valence-corrected chi connectivity index (χ1v) is 17.0. The fraction of sp³-hybridized carbons (Fsp3) is 0.410. The number of nitrogens with zero attached hydrogens (tertiary/aromatic N) is 3. The van der Waals surface area contributed by atoms with E-state index in [0.717, 1.165) is 30.8 Å². The summed E-state index contributed by atoms with van der Waals surface area (Å²) in [6.45, 7) is 4.06. The number of phenols is 1. The van der Waals surface area contributed by atoms with Gasteiger partial charge in [0.05, 0.1) is 30.2 Å². The molecule has 2 aromatic carbocycles. The molecule has 252 valence electrons. The number of imide groups is 1. The van der Waals surface area contributed by atoms with Crippen LogP contribution >= 0.6 is 0 Å². The van der Waals surface area contributed by atoms with Crippen LogP contribution in [-0.2, 0) is 16.1 Å². The molecule has 0 saturated carbocycles. The number of hydrogen-bond donors (Lipinski definition) is 3. The lowest BCUT2D eigenvalue weighted by Gasteiger charge is -2.37. The topological polar surface area (TPSA) is 114 Å². The summed E-state index contributed by atoms with van der Waals surface area (Å²) in [4.78, 5) is 36.3. The molecule has 2 saturated heterocycles. The summed E-state index contributed by atoms with van der Waals surface area (Å²) in [6.07, 6.45) is 5.58. The Labute approximate surface area is 281 Å². The highest BCUT2D eigenvalue weighted by Crippen LogP contribution is 2.48. The van der Waals surface area contributed by atoms with E-state index in [-0.39, 0.29) is 30.9 Å². The maximum atomic E-state index is 14.1. The van der Waals surface area contributed by atoms with E-state index >= 15 is 0 Å². The molecule has 2 amide bonds. The van der Waals surface area contributed by atoms with Gasteiger partial charge in [-0.2, -0.15) is 0 Å². The molecule has 6 rings (SSSR count). The Kier molecular flexibility index (Phi) is 10.5. The van der Waals surface area contributed by atoms with Gasteiger partial charge < -0.3 is 15.3 Å². The zero-order chi connectivity index (χ0) is 33.8. The lowest BCUT2D eigenvalue weighted by atomic mass is 9.67. The number of pyridine rings is 1. The van der Waals surface area contributed by atoms with Gasteiger partial charge in [-0.15, -0.1) is 0 Å². The number of rotatable bonds is 11. The number of aromatic hydroxyl groups is 1. The quantitative estimate of drug-likeness (QED) is 0.183. The first kappa shape index (κ1) is 33.7. The van der Waals surface area contributed by atoms with Crippen LogP contribution in [0.15, 0.2) is 84.1 Å². The average Bonchev–Trinajstić information content (AvgIpc) is 3.36. The SMILES string of the molecule is CCC1=C([C@H](O)CC/C(=C/c2ccc(O)c(F)c2)c2ccccn2)[C@H](CO)[C@@H]2C(=O)N(C3CCN(Cc4ccccc4)CC3)C(=O)[C@@H]2C1. The Morgan fingerprint density at radius 1 is 1.04 bits per heavy atom. The minimum Gasteiger partial charge on any atom is -0.505 e. The van der Waals surface area contributed by atoms with E-state index in [1.807, 2.05) is 37.3 Å². The van der Waals surface area contributed by atoms with Crippen molar-refractivity contribution in [1.82, 2.24) is 14.8 Å². The summed E-state index contributed by atoms with van der Waals surface area (Å²) >= 11 is 0. The number of aliphatic hydroxyl groups is 2. The molecule has 0 unspecified atom stereocenters. The molecule has 3 N–H and O–H groups in total. The summed E-state index contributed by atoms with van der Waals surface area (Å²) in [5.41, 5.74) is 4.81. The van der Waals surface area contributed by atoms with Crippen LogP contribution in [0.1, 0.15) is 62.3 Å². The Balaban J connectivity index is 1.18.